The van der Waals surface area contributed by atoms with Crippen LogP contribution in [0.5, 0.6) is 0 Å². The van der Waals surface area contributed by atoms with Crippen molar-refractivity contribution in [3.63, 3.8) is 0 Å². The van der Waals surface area contributed by atoms with Gasteiger partial charge < -0.3 is 15.4 Å². The van der Waals surface area contributed by atoms with Gasteiger partial charge in [-0.3, -0.25) is 4.79 Å². The van der Waals surface area contributed by atoms with Crippen LogP contribution < -0.4 is 10.6 Å². The molecule has 0 aliphatic heterocycles. The summed E-state index contributed by atoms with van der Waals surface area (Å²) >= 11 is 0. The molecule has 0 radical (unpaired) electrons. The number of pyridine rings is 1. The Morgan fingerprint density at radius 2 is 2.29 bits per heavy atom. The molecule has 2 rings (SSSR count). The summed E-state index contributed by atoms with van der Waals surface area (Å²) in [5, 5.41) is 5.63. The zero-order chi connectivity index (χ0) is 15.3. The van der Waals surface area contributed by atoms with Crippen molar-refractivity contribution >= 4 is 11.7 Å². The van der Waals surface area contributed by atoms with Crippen molar-refractivity contribution in [2.75, 3.05) is 25.5 Å². The molecule has 1 amide bonds. The molecule has 2 N–H and O–H groups in total. The summed E-state index contributed by atoms with van der Waals surface area (Å²) in [7, 11) is 1.64. The Hall–Kier alpha value is -1.69. The fraction of sp³-hybridized carbons (Fsp3) is 0.600. The van der Waals surface area contributed by atoms with Gasteiger partial charge in [0.05, 0.1) is 11.2 Å². The fourth-order valence-electron chi connectivity index (χ4n) is 2.35. The van der Waals surface area contributed by atoms with Crippen molar-refractivity contribution in [1.82, 2.24) is 10.3 Å². The van der Waals surface area contributed by atoms with Gasteiger partial charge in [0.1, 0.15) is 0 Å². The topological polar surface area (TPSA) is 63.2 Å². The van der Waals surface area contributed by atoms with Crippen LogP contribution in [0.15, 0.2) is 12.3 Å². The number of hydrogen-bond acceptors (Lipinski definition) is 4. The number of ether oxygens (including phenoxy) is 1. The van der Waals surface area contributed by atoms with E-state index < -0.39 is 11.7 Å². The zero-order valence-corrected chi connectivity index (χ0v) is 12.5. The molecule has 1 heterocycles. The number of halogens is 1. The van der Waals surface area contributed by atoms with E-state index in [1.54, 1.807) is 7.11 Å². The Morgan fingerprint density at radius 3 is 2.86 bits per heavy atom. The van der Waals surface area contributed by atoms with E-state index in [4.69, 9.17) is 4.74 Å². The predicted molar refractivity (Wildman–Crippen MR) is 78.9 cm³/mol. The molecule has 0 bridgehead atoms. The van der Waals surface area contributed by atoms with E-state index in [2.05, 4.69) is 15.6 Å². The van der Waals surface area contributed by atoms with E-state index in [-0.39, 0.29) is 17.0 Å². The highest BCUT2D eigenvalue weighted by molar-refractivity contribution is 5.95. The summed E-state index contributed by atoms with van der Waals surface area (Å²) in [4.78, 5) is 16.1. The summed E-state index contributed by atoms with van der Waals surface area (Å²) in [6, 6.07) is 1.39. The van der Waals surface area contributed by atoms with Crippen LogP contribution in [0.1, 0.15) is 43.0 Å². The molecule has 0 spiro atoms. The number of nitrogens with one attached hydrogen (secondary N) is 2. The highest BCUT2D eigenvalue weighted by atomic mass is 19.1. The predicted octanol–water partition coefficient (Wildman–Crippen LogP) is 2.34. The van der Waals surface area contributed by atoms with Crippen molar-refractivity contribution in [3.05, 3.63) is 23.6 Å². The first kappa shape index (κ1) is 15.7. The second-order valence-electron chi connectivity index (χ2n) is 5.37. The summed E-state index contributed by atoms with van der Waals surface area (Å²) in [5.41, 5.74) is -0.267. The molecule has 1 aromatic rings. The molecule has 0 unspecified atom stereocenters. The minimum Gasteiger partial charge on any atom is -0.376 e. The van der Waals surface area contributed by atoms with Gasteiger partial charge in [-0.2, -0.15) is 0 Å². The lowest BCUT2D eigenvalue weighted by molar-refractivity contribution is -0.0679. The van der Waals surface area contributed by atoms with Crippen LogP contribution in [0.25, 0.3) is 0 Å². The molecule has 0 saturated heterocycles. The minimum atomic E-state index is -0.608. The largest absolute Gasteiger partial charge is 0.376 e. The van der Waals surface area contributed by atoms with Crippen LogP contribution in [-0.4, -0.2) is 36.7 Å². The second kappa shape index (κ2) is 6.85. The third-order valence-electron chi connectivity index (χ3n) is 3.95. The molecule has 21 heavy (non-hydrogen) atoms. The second-order valence-corrected chi connectivity index (χ2v) is 5.37. The van der Waals surface area contributed by atoms with Gasteiger partial charge in [0.15, 0.2) is 11.6 Å². The minimum absolute atomic E-state index is 0.00850. The molecular formula is C15H22FN3O2. The number of nitrogens with zero attached hydrogens (tertiary/aromatic N) is 1. The highest BCUT2D eigenvalue weighted by Crippen LogP contribution is 2.34. The van der Waals surface area contributed by atoms with Crippen LogP contribution in [-0.2, 0) is 4.74 Å². The average Bonchev–Trinajstić information content (AvgIpc) is 2.45. The van der Waals surface area contributed by atoms with Gasteiger partial charge in [0.2, 0.25) is 0 Å². The van der Waals surface area contributed by atoms with Crippen LogP contribution in [0.2, 0.25) is 0 Å². The maximum absolute atomic E-state index is 14.2. The van der Waals surface area contributed by atoms with Crippen molar-refractivity contribution in [2.45, 2.75) is 38.2 Å². The molecular weight excluding hydrogens is 273 g/mol. The SMILES string of the molecule is CCCNc1nccc(C(=O)NCC2(OC)CCC2)c1F. The fourth-order valence-corrected chi connectivity index (χ4v) is 2.35. The van der Waals surface area contributed by atoms with Gasteiger partial charge in [-0.1, -0.05) is 6.92 Å². The van der Waals surface area contributed by atoms with Crippen LogP contribution in [0, 0.1) is 5.82 Å². The molecule has 116 valence electrons. The first-order valence-corrected chi connectivity index (χ1v) is 7.33. The lowest BCUT2D eigenvalue weighted by Crippen LogP contribution is -2.49. The van der Waals surface area contributed by atoms with Crippen LogP contribution in [0.3, 0.4) is 0 Å². The molecule has 1 saturated carbocycles. The first-order valence-electron chi connectivity index (χ1n) is 7.33. The van der Waals surface area contributed by atoms with Crippen molar-refractivity contribution in [1.29, 1.82) is 0 Å². The van der Waals surface area contributed by atoms with E-state index >= 15 is 0 Å². The van der Waals surface area contributed by atoms with Gasteiger partial charge in [-0.05, 0) is 31.7 Å². The van der Waals surface area contributed by atoms with Crippen LogP contribution >= 0.6 is 0 Å². The number of rotatable bonds is 7. The molecule has 1 aromatic heterocycles. The Morgan fingerprint density at radius 1 is 1.52 bits per heavy atom. The van der Waals surface area contributed by atoms with Gasteiger partial charge in [0, 0.05) is 26.4 Å². The molecule has 1 aliphatic carbocycles. The molecule has 5 nitrogen and oxygen atoms in total. The van der Waals surface area contributed by atoms with Crippen molar-refractivity contribution in [3.8, 4) is 0 Å². The molecule has 0 atom stereocenters. The number of carbonyl (C=O) groups is 1. The monoisotopic (exact) mass is 295 g/mol. The van der Waals surface area contributed by atoms with Gasteiger partial charge in [-0.25, -0.2) is 9.37 Å². The van der Waals surface area contributed by atoms with Gasteiger partial charge in [0.25, 0.3) is 5.91 Å². The average molecular weight is 295 g/mol. The quantitative estimate of drug-likeness (QED) is 0.810. The van der Waals surface area contributed by atoms with Crippen molar-refractivity contribution < 1.29 is 13.9 Å². The zero-order valence-electron chi connectivity index (χ0n) is 12.5. The number of methoxy groups -OCH3 is 1. The standard InChI is InChI=1S/C15H22FN3O2/c1-3-8-17-13-12(16)11(5-9-18-13)14(20)19-10-15(21-2)6-4-7-15/h5,9H,3-4,6-8,10H2,1-2H3,(H,17,18)(H,19,20). The highest BCUT2D eigenvalue weighted by Gasteiger charge is 2.37. The number of carbonyl (C=O) groups excluding carboxylic acids is 1. The number of anilines is 1. The number of hydrogen-bond donors (Lipinski definition) is 2. The molecule has 1 fully saturated rings. The molecule has 6 heteroatoms. The van der Waals surface area contributed by atoms with Crippen molar-refractivity contribution in [2.24, 2.45) is 0 Å². The Balaban J connectivity index is 2.01. The lowest BCUT2D eigenvalue weighted by atomic mass is 9.80. The summed E-state index contributed by atoms with van der Waals surface area (Å²) < 4.78 is 19.7. The van der Waals surface area contributed by atoms with Crippen LogP contribution in [0.4, 0.5) is 10.2 Å². The maximum Gasteiger partial charge on any atom is 0.254 e. The summed E-state index contributed by atoms with van der Waals surface area (Å²) in [6.45, 7) is 2.99. The number of aromatic nitrogens is 1. The third kappa shape index (κ3) is 3.50. The molecule has 0 aromatic carbocycles. The smallest absolute Gasteiger partial charge is 0.254 e. The van der Waals surface area contributed by atoms with E-state index in [0.29, 0.717) is 13.1 Å². The van der Waals surface area contributed by atoms with E-state index in [1.807, 2.05) is 6.92 Å². The normalized spacial score (nSPS) is 16.1. The Bertz CT molecular complexity index is 498. The maximum atomic E-state index is 14.2. The molecule has 1 aliphatic rings. The number of amides is 1. The third-order valence-corrected chi connectivity index (χ3v) is 3.95. The van der Waals surface area contributed by atoms with E-state index in [9.17, 15) is 9.18 Å². The Labute approximate surface area is 124 Å². The van der Waals surface area contributed by atoms with Gasteiger partial charge >= 0.3 is 0 Å². The summed E-state index contributed by atoms with van der Waals surface area (Å²) in [6.07, 6.45) is 5.23. The van der Waals surface area contributed by atoms with Gasteiger partial charge in [-0.15, -0.1) is 0 Å². The lowest BCUT2D eigenvalue weighted by Gasteiger charge is -2.40. The first-order chi connectivity index (χ1) is 10.1. The van der Waals surface area contributed by atoms with E-state index in [1.165, 1.54) is 12.3 Å². The Kier molecular flexibility index (Phi) is 5.12. The van der Waals surface area contributed by atoms with E-state index in [0.717, 1.165) is 25.7 Å². The summed E-state index contributed by atoms with van der Waals surface area (Å²) in [5.74, 6) is -0.920.